The molecule has 1 unspecified atom stereocenters. The van der Waals surface area contributed by atoms with Gasteiger partial charge in [0.05, 0.1) is 21.1 Å². The number of unbranched alkanes of at least 4 members (excludes halogenated alkanes) is 7. The minimum Gasteiger partial charge on any atom is -0.550 e. The van der Waals surface area contributed by atoms with Crippen LogP contribution >= 0.6 is 0 Å². The van der Waals surface area contributed by atoms with Gasteiger partial charge in [0.1, 0.15) is 18.1 Å². The second-order valence-electron chi connectivity index (χ2n) is 10.0. The van der Waals surface area contributed by atoms with Gasteiger partial charge in [-0.25, -0.2) is 0 Å². The Labute approximate surface area is 194 Å². The van der Waals surface area contributed by atoms with E-state index < -0.39 is 12.1 Å². The number of quaternary nitrogens is 1. The van der Waals surface area contributed by atoms with E-state index in [0.29, 0.717) is 17.4 Å². The number of nitrogens with zero attached hydrogens (tertiary/aromatic N) is 1. The van der Waals surface area contributed by atoms with Gasteiger partial charge in [0.15, 0.2) is 6.10 Å². The Kier molecular flexibility index (Phi) is 12.7. The summed E-state index contributed by atoms with van der Waals surface area (Å²) in [6.45, 7) is 6.91. The number of hydrogen-bond donors (Lipinski definition) is 0. The minimum atomic E-state index is -1.18. The van der Waals surface area contributed by atoms with Crippen molar-refractivity contribution in [2.45, 2.75) is 104 Å². The number of rotatable bonds is 17. The predicted octanol–water partition coefficient (Wildman–Crippen LogP) is 4.27. The van der Waals surface area contributed by atoms with Crippen molar-refractivity contribution >= 4 is 11.9 Å². The molecule has 0 aliphatic carbocycles. The summed E-state index contributed by atoms with van der Waals surface area (Å²) in [5.41, 5.74) is 2.64. The van der Waals surface area contributed by atoms with Gasteiger partial charge in [0.2, 0.25) is 0 Å². The number of carboxylic acids is 1. The van der Waals surface area contributed by atoms with Crippen LogP contribution in [0.1, 0.15) is 93.8 Å². The second-order valence-corrected chi connectivity index (χ2v) is 10.0. The highest BCUT2D eigenvalue weighted by Gasteiger charge is 2.22. The number of ether oxygens (including phenoxy) is 1. The topological polar surface area (TPSA) is 79.6 Å². The Morgan fingerprint density at radius 2 is 1.44 bits per heavy atom. The molecule has 6 heteroatoms. The van der Waals surface area contributed by atoms with Gasteiger partial charge in [0.25, 0.3) is 0 Å². The van der Waals surface area contributed by atoms with Crippen molar-refractivity contribution in [1.82, 2.24) is 0 Å². The summed E-state index contributed by atoms with van der Waals surface area (Å²) in [7, 11) is 5.83. The van der Waals surface area contributed by atoms with Crippen molar-refractivity contribution in [2.24, 2.45) is 0 Å². The minimum absolute atomic E-state index is 0.250. The highest BCUT2D eigenvalue weighted by Crippen LogP contribution is 2.23. The monoisotopic (exact) mass is 451 g/mol. The molecule has 1 atom stereocenters. The molecule has 0 aliphatic heterocycles. The highest BCUT2D eigenvalue weighted by molar-refractivity contribution is 5.70. The maximum absolute atomic E-state index is 12.1. The number of aliphatic carboxylic acids is 1. The highest BCUT2D eigenvalue weighted by atomic mass is 16.5. The van der Waals surface area contributed by atoms with Gasteiger partial charge in [-0.2, -0.15) is 0 Å². The lowest BCUT2D eigenvalue weighted by molar-refractivity contribution is -0.873. The third kappa shape index (κ3) is 11.7. The molecule has 0 spiro atoms. The van der Waals surface area contributed by atoms with E-state index in [1.54, 1.807) is 0 Å². The first-order chi connectivity index (χ1) is 15.0. The number of likely N-dealkylation sites (N-methyl/N-ethyl adjacent to an activating group) is 1. The van der Waals surface area contributed by atoms with E-state index in [1.807, 2.05) is 21.1 Å². The molecule has 0 aromatic carbocycles. The molecule has 1 aromatic rings. The van der Waals surface area contributed by atoms with Crippen molar-refractivity contribution in [2.75, 3.05) is 27.7 Å². The van der Waals surface area contributed by atoms with Crippen LogP contribution in [0.4, 0.5) is 0 Å². The van der Waals surface area contributed by atoms with Gasteiger partial charge in [-0.3, -0.25) is 4.79 Å². The fourth-order valence-corrected chi connectivity index (χ4v) is 4.10. The van der Waals surface area contributed by atoms with Crippen LogP contribution < -0.4 is 5.11 Å². The average molecular weight is 452 g/mol. The third-order valence-electron chi connectivity index (χ3n) is 5.95. The van der Waals surface area contributed by atoms with Crippen LogP contribution in [0.25, 0.3) is 0 Å². The van der Waals surface area contributed by atoms with Crippen LogP contribution in [0, 0.1) is 13.8 Å². The largest absolute Gasteiger partial charge is 0.550 e. The molecule has 1 rings (SSSR count). The molecule has 32 heavy (non-hydrogen) atoms. The SMILES string of the molecule is CCc1oc(CCCCCCCCCCC(=O)OC(CC(=O)[O-])C[N+](C)(C)C)c(C)c1C. The Hall–Kier alpha value is -1.82. The fourth-order valence-electron chi connectivity index (χ4n) is 4.10. The molecule has 0 fully saturated rings. The number of hydrogen-bond acceptors (Lipinski definition) is 5. The Balaban J connectivity index is 2.09. The molecule has 0 amide bonds. The predicted molar refractivity (Wildman–Crippen MR) is 125 cm³/mol. The Morgan fingerprint density at radius 1 is 0.906 bits per heavy atom. The normalized spacial score (nSPS) is 12.7. The summed E-state index contributed by atoms with van der Waals surface area (Å²) in [5.74, 6) is 0.800. The molecule has 184 valence electrons. The lowest BCUT2D eigenvalue weighted by Gasteiger charge is -2.29. The lowest BCUT2D eigenvalue weighted by atomic mass is 10.0. The molecule has 0 saturated heterocycles. The van der Waals surface area contributed by atoms with E-state index in [9.17, 15) is 14.7 Å². The lowest BCUT2D eigenvalue weighted by Crippen LogP contribution is -2.45. The molecule has 0 bridgehead atoms. The summed E-state index contributed by atoms with van der Waals surface area (Å²) < 4.78 is 11.9. The number of furan rings is 1. The molecular weight excluding hydrogens is 406 g/mol. The van der Waals surface area contributed by atoms with E-state index in [2.05, 4.69) is 20.8 Å². The van der Waals surface area contributed by atoms with Gasteiger partial charge in [0, 0.05) is 31.7 Å². The zero-order valence-electron chi connectivity index (χ0n) is 21.3. The first-order valence-corrected chi connectivity index (χ1v) is 12.3. The molecule has 1 heterocycles. The van der Waals surface area contributed by atoms with Crippen molar-refractivity contribution in [1.29, 1.82) is 0 Å². The number of aryl methyl sites for hydroxylation is 2. The summed E-state index contributed by atoms with van der Waals surface area (Å²) in [4.78, 5) is 23.0. The van der Waals surface area contributed by atoms with E-state index in [0.717, 1.165) is 43.6 Å². The van der Waals surface area contributed by atoms with Crippen LogP contribution in [0.2, 0.25) is 0 Å². The Morgan fingerprint density at radius 3 is 1.94 bits per heavy atom. The van der Waals surface area contributed by atoms with Crippen LogP contribution in [0.5, 0.6) is 0 Å². The second kappa shape index (κ2) is 14.4. The van der Waals surface area contributed by atoms with Gasteiger partial charge >= 0.3 is 5.97 Å². The zero-order valence-corrected chi connectivity index (χ0v) is 21.3. The quantitative estimate of drug-likeness (QED) is 0.201. The first-order valence-electron chi connectivity index (χ1n) is 12.3. The number of esters is 1. The van der Waals surface area contributed by atoms with Crippen molar-refractivity contribution < 1.29 is 28.3 Å². The average Bonchev–Trinajstić information content (AvgIpc) is 2.95. The molecule has 6 nitrogen and oxygen atoms in total. The van der Waals surface area contributed by atoms with Crippen LogP contribution in [-0.4, -0.2) is 50.2 Å². The maximum atomic E-state index is 12.1. The molecule has 0 saturated carbocycles. The van der Waals surface area contributed by atoms with E-state index in [4.69, 9.17) is 9.15 Å². The van der Waals surface area contributed by atoms with Gasteiger partial charge in [-0.1, -0.05) is 45.4 Å². The summed E-state index contributed by atoms with van der Waals surface area (Å²) in [6, 6.07) is 0. The summed E-state index contributed by atoms with van der Waals surface area (Å²) >= 11 is 0. The summed E-state index contributed by atoms with van der Waals surface area (Å²) in [6.07, 6.45) is 10.4. The van der Waals surface area contributed by atoms with Crippen LogP contribution in [0.3, 0.4) is 0 Å². The van der Waals surface area contributed by atoms with Crippen molar-refractivity contribution in [3.63, 3.8) is 0 Å². The van der Waals surface area contributed by atoms with E-state index in [1.165, 1.54) is 43.2 Å². The van der Waals surface area contributed by atoms with Crippen molar-refractivity contribution in [3.8, 4) is 0 Å². The molecule has 0 radical (unpaired) electrons. The molecule has 1 aromatic heterocycles. The first kappa shape index (κ1) is 28.2. The van der Waals surface area contributed by atoms with Gasteiger partial charge in [-0.05, 0) is 37.8 Å². The van der Waals surface area contributed by atoms with Gasteiger partial charge < -0.3 is 23.5 Å². The van der Waals surface area contributed by atoms with E-state index >= 15 is 0 Å². The van der Waals surface area contributed by atoms with Crippen LogP contribution in [-0.2, 0) is 27.2 Å². The number of carbonyl (C=O) groups excluding carboxylic acids is 2. The third-order valence-corrected chi connectivity index (χ3v) is 5.95. The van der Waals surface area contributed by atoms with E-state index in [-0.39, 0.29) is 12.4 Å². The maximum Gasteiger partial charge on any atom is 0.306 e. The fraction of sp³-hybridized carbons (Fsp3) is 0.769. The number of carbonyl (C=O) groups is 2. The molecule has 0 N–H and O–H groups in total. The number of carboxylic acid groups (broad SMARTS) is 1. The molecule has 0 aliphatic rings. The zero-order chi connectivity index (χ0) is 24.1. The summed E-state index contributed by atoms with van der Waals surface area (Å²) in [5, 5.41) is 10.9. The van der Waals surface area contributed by atoms with Crippen LogP contribution in [0.15, 0.2) is 4.42 Å². The Bertz CT molecular complexity index is 702. The standard InChI is InChI=1S/C26H45NO5/c1-7-23-20(2)21(3)24(32-23)16-14-12-10-8-9-11-13-15-17-26(30)31-22(18-25(28)29)19-27(4,5)6/h22H,7-19H2,1-6H3. The van der Waals surface area contributed by atoms with Crippen molar-refractivity contribution in [3.05, 3.63) is 22.6 Å². The van der Waals surface area contributed by atoms with Gasteiger partial charge in [-0.15, -0.1) is 0 Å². The smallest absolute Gasteiger partial charge is 0.306 e. The molecular formula is C26H45NO5.